The minimum absolute atomic E-state index is 0.00702. The van der Waals surface area contributed by atoms with Crippen molar-refractivity contribution in [1.29, 1.82) is 0 Å². The van der Waals surface area contributed by atoms with Crippen molar-refractivity contribution in [2.24, 2.45) is 5.92 Å². The number of hydrogen-bond acceptors (Lipinski definition) is 10. The third kappa shape index (κ3) is 5.06. The van der Waals surface area contributed by atoms with Crippen LogP contribution in [0.2, 0.25) is 0 Å². The zero-order chi connectivity index (χ0) is 22.6. The van der Waals surface area contributed by atoms with E-state index in [1.165, 1.54) is 19.2 Å². The molecule has 1 aromatic heterocycles. The van der Waals surface area contributed by atoms with Crippen LogP contribution in [-0.4, -0.2) is 49.5 Å². The SMILES string of the molecule is COC(=O)C1CCN(c2ncnc(NNS(=O)(=O)c3ccc(C)cc3)c2[N+](=O)[O-])CC1. The number of piperidine rings is 1. The first kappa shape index (κ1) is 22.4. The van der Waals surface area contributed by atoms with Gasteiger partial charge in [-0.25, -0.2) is 18.4 Å². The Morgan fingerprint density at radius 2 is 1.87 bits per heavy atom. The number of hydrogen-bond donors (Lipinski definition) is 2. The van der Waals surface area contributed by atoms with E-state index in [2.05, 4.69) is 20.2 Å². The quantitative estimate of drug-likeness (QED) is 0.359. The highest BCUT2D eigenvalue weighted by molar-refractivity contribution is 7.89. The molecule has 0 spiro atoms. The Balaban J connectivity index is 1.80. The van der Waals surface area contributed by atoms with Crippen LogP contribution >= 0.6 is 0 Å². The zero-order valence-electron chi connectivity index (χ0n) is 16.9. The maximum atomic E-state index is 12.5. The number of aryl methyl sites for hydroxylation is 1. The highest BCUT2D eigenvalue weighted by Crippen LogP contribution is 2.34. The van der Waals surface area contributed by atoms with Crippen LogP contribution in [-0.2, 0) is 19.6 Å². The maximum absolute atomic E-state index is 12.5. The molecule has 13 heteroatoms. The minimum atomic E-state index is -3.98. The first-order valence-electron chi connectivity index (χ1n) is 9.39. The molecule has 1 fully saturated rings. The molecule has 1 aromatic carbocycles. The summed E-state index contributed by atoms with van der Waals surface area (Å²) in [5.74, 6) is -0.841. The molecule has 166 valence electrons. The van der Waals surface area contributed by atoms with Gasteiger partial charge in [-0.15, -0.1) is 4.83 Å². The topological polar surface area (TPSA) is 157 Å². The van der Waals surface area contributed by atoms with E-state index in [9.17, 15) is 23.3 Å². The average Bonchev–Trinajstić information content (AvgIpc) is 2.77. The summed E-state index contributed by atoms with van der Waals surface area (Å²) >= 11 is 0. The normalized spacial score (nSPS) is 14.8. The Bertz CT molecular complexity index is 1070. The first-order chi connectivity index (χ1) is 14.7. The van der Waals surface area contributed by atoms with Crippen molar-refractivity contribution in [3.05, 3.63) is 46.3 Å². The summed E-state index contributed by atoms with van der Waals surface area (Å²) in [5.41, 5.74) is 2.75. The van der Waals surface area contributed by atoms with Crippen molar-refractivity contribution in [2.75, 3.05) is 30.5 Å². The molecule has 1 aliphatic heterocycles. The van der Waals surface area contributed by atoms with Crippen LogP contribution in [0.1, 0.15) is 18.4 Å². The number of nitrogens with one attached hydrogen (secondary N) is 2. The number of rotatable bonds is 7. The van der Waals surface area contributed by atoms with E-state index < -0.39 is 20.6 Å². The van der Waals surface area contributed by atoms with Crippen LogP contribution in [0.4, 0.5) is 17.3 Å². The molecule has 31 heavy (non-hydrogen) atoms. The minimum Gasteiger partial charge on any atom is -0.469 e. The Hall–Kier alpha value is -3.32. The summed E-state index contributed by atoms with van der Waals surface area (Å²) in [4.78, 5) is 34.4. The predicted molar refractivity (Wildman–Crippen MR) is 111 cm³/mol. The van der Waals surface area contributed by atoms with E-state index in [0.717, 1.165) is 11.9 Å². The molecule has 2 N–H and O–H groups in total. The standard InChI is InChI=1S/C18H22N6O6S/c1-12-3-5-14(6-4-12)31(28,29)22-21-16-15(24(26)27)17(20-11-19-16)23-9-7-13(8-10-23)18(25)30-2/h3-6,11,13,22H,7-10H2,1-2H3,(H,19,20,21). The zero-order valence-corrected chi connectivity index (χ0v) is 17.8. The summed E-state index contributed by atoms with van der Waals surface area (Å²) in [7, 11) is -2.67. The Labute approximate surface area is 178 Å². The molecule has 3 rings (SSSR count). The van der Waals surface area contributed by atoms with Crippen molar-refractivity contribution in [3.8, 4) is 0 Å². The van der Waals surface area contributed by atoms with Gasteiger partial charge in [0.2, 0.25) is 11.6 Å². The van der Waals surface area contributed by atoms with E-state index in [0.29, 0.717) is 25.9 Å². The molecule has 2 aromatic rings. The summed E-state index contributed by atoms with van der Waals surface area (Å²) in [6, 6.07) is 6.12. The summed E-state index contributed by atoms with van der Waals surface area (Å²) in [6.07, 6.45) is 2.02. The van der Waals surface area contributed by atoms with E-state index in [4.69, 9.17) is 4.74 Å². The molecule has 1 aliphatic rings. The van der Waals surface area contributed by atoms with Crippen LogP contribution < -0.4 is 15.2 Å². The van der Waals surface area contributed by atoms with Gasteiger partial charge in [-0.05, 0) is 31.9 Å². The molecule has 0 bridgehead atoms. The van der Waals surface area contributed by atoms with E-state index >= 15 is 0 Å². The number of carbonyl (C=O) groups is 1. The molecule has 0 amide bonds. The second-order valence-electron chi connectivity index (χ2n) is 6.98. The number of esters is 1. The number of nitro groups is 1. The van der Waals surface area contributed by atoms with Crippen molar-refractivity contribution in [1.82, 2.24) is 14.8 Å². The highest BCUT2D eigenvalue weighted by atomic mass is 32.2. The monoisotopic (exact) mass is 450 g/mol. The fourth-order valence-corrected chi connectivity index (χ4v) is 4.09. The van der Waals surface area contributed by atoms with Gasteiger partial charge in [0.25, 0.3) is 10.0 Å². The van der Waals surface area contributed by atoms with Gasteiger partial charge in [0.1, 0.15) is 6.33 Å². The van der Waals surface area contributed by atoms with Crippen molar-refractivity contribution < 1.29 is 22.9 Å². The molecule has 0 unspecified atom stereocenters. The van der Waals surface area contributed by atoms with Crippen molar-refractivity contribution in [2.45, 2.75) is 24.7 Å². The molecule has 0 atom stereocenters. The average molecular weight is 450 g/mol. The van der Waals surface area contributed by atoms with Gasteiger partial charge in [-0.1, -0.05) is 17.7 Å². The molecule has 0 radical (unpaired) electrons. The molecule has 1 saturated heterocycles. The predicted octanol–water partition coefficient (Wildman–Crippen LogP) is 1.39. The maximum Gasteiger partial charge on any atom is 0.354 e. The molecule has 0 saturated carbocycles. The smallest absolute Gasteiger partial charge is 0.354 e. The number of anilines is 2. The number of aromatic nitrogens is 2. The lowest BCUT2D eigenvalue weighted by atomic mass is 9.97. The van der Waals surface area contributed by atoms with Crippen LogP contribution in [0.25, 0.3) is 0 Å². The Morgan fingerprint density at radius 1 is 1.23 bits per heavy atom. The van der Waals surface area contributed by atoms with E-state index in [1.807, 2.05) is 6.92 Å². The number of carbonyl (C=O) groups excluding carboxylic acids is 1. The fourth-order valence-electron chi connectivity index (χ4n) is 3.25. The summed E-state index contributed by atoms with van der Waals surface area (Å²) < 4.78 is 29.7. The van der Waals surface area contributed by atoms with Crippen LogP contribution in [0, 0.1) is 23.0 Å². The van der Waals surface area contributed by atoms with Gasteiger partial charge in [0.05, 0.1) is 22.8 Å². The third-order valence-corrected chi connectivity index (χ3v) is 6.21. The van der Waals surface area contributed by atoms with Gasteiger partial charge in [0, 0.05) is 13.1 Å². The lowest BCUT2D eigenvalue weighted by Gasteiger charge is -2.31. The van der Waals surface area contributed by atoms with Gasteiger partial charge < -0.3 is 9.64 Å². The largest absolute Gasteiger partial charge is 0.469 e. The van der Waals surface area contributed by atoms with Crippen LogP contribution in [0.15, 0.2) is 35.5 Å². The first-order valence-corrected chi connectivity index (χ1v) is 10.9. The lowest BCUT2D eigenvalue weighted by Crippen LogP contribution is -2.38. The van der Waals surface area contributed by atoms with Crippen LogP contribution in [0.5, 0.6) is 0 Å². The highest BCUT2D eigenvalue weighted by Gasteiger charge is 2.32. The van der Waals surface area contributed by atoms with Crippen molar-refractivity contribution >= 4 is 33.3 Å². The molecular weight excluding hydrogens is 428 g/mol. The van der Waals surface area contributed by atoms with E-state index in [1.54, 1.807) is 17.0 Å². The number of ether oxygens (including phenoxy) is 1. The second-order valence-corrected chi connectivity index (χ2v) is 8.66. The summed E-state index contributed by atoms with van der Waals surface area (Å²) in [5, 5.41) is 11.7. The number of sulfonamides is 1. The molecule has 12 nitrogen and oxygen atoms in total. The molecule has 2 heterocycles. The van der Waals surface area contributed by atoms with Gasteiger partial charge in [-0.2, -0.15) is 0 Å². The number of benzene rings is 1. The van der Waals surface area contributed by atoms with Crippen LogP contribution in [0.3, 0.4) is 0 Å². The van der Waals surface area contributed by atoms with Crippen molar-refractivity contribution in [3.63, 3.8) is 0 Å². The number of hydrazine groups is 1. The molecular formula is C18H22N6O6S. The molecule has 0 aliphatic carbocycles. The Morgan fingerprint density at radius 3 is 2.45 bits per heavy atom. The fraction of sp³-hybridized carbons (Fsp3) is 0.389. The third-order valence-electron chi connectivity index (χ3n) is 4.95. The number of nitrogens with zero attached hydrogens (tertiary/aromatic N) is 4. The van der Waals surface area contributed by atoms with Gasteiger partial charge >= 0.3 is 11.7 Å². The van der Waals surface area contributed by atoms with E-state index in [-0.39, 0.29) is 28.4 Å². The van der Waals surface area contributed by atoms with Gasteiger partial charge in [-0.3, -0.25) is 20.3 Å². The van der Waals surface area contributed by atoms with Gasteiger partial charge in [0.15, 0.2) is 0 Å². The summed E-state index contributed by atoms with van der Waals surface area (Å²) in [6.45, 7) is 2.53. The number of methoxy groups -OCH3 is 1. The Kier molecular flexibility index (Phi) is 6.65. The second kappa shape index (κ2) is 9.22. The lowest BCUT2D eigenvalue weighted by molar-refractivity contribution is -0.383.